The van der Waals surface area contributed by atoms with Crippen molar-refractivity contribution in [3.8, 4) is 5.69 Å². The summed E-state index contributed by atoms with van der Waals surface area (Å²) in [5.41, 5.74) is -0.811. The smallest absolute Gasteiger partial charge is 0.408 e. The van der Waals surface area contributed by atoms with Crippen molar-refractivity contribution in [3.63, 3.8) is 0 Å². The number of fused-ring (bicyclic) bond motifs is 1. The fraction of sp³-hybridized carbons (Fsp3) is 0.300. The van der Waals surface area contributed by atoms with E-state index >= 15 is 0 Å². The van der Waals surface area contributed by atoms with Crippen LogP contribution in [-0.2, 0) is 0 Å². The molecule has 0 radical (unpaired) electrons. The second-order valence-corrected chi connectivity index (χ2v) is 7.46. The lowest BCUT2D eigenvalue weighted by Crippen LogP contribution is -2.47. The Kier molecular flexibility index (Phi) is 4.89. The van der Waals surface area contributed by atoms with E-state index < -0.39 is 29.1 Å². The van der Waals surface area contributed by atoms with Crippen molar-refractivity contribution in [1.82, 2.24) is 19.4 Å². The van der Waals surface area contributed by atoms with E-state index in [1.807, 2.05) is 0 Å². The number of halogens is 1. The van der Waals surface area contributed by atoms with Crippen LogP contribution in [0.4, 0.5) is 9.18 Å². The average molecular weight is 384 g/mol. The summed E-state index contributed by atoms with van der Waals surface area (Å²) >= 11 is 0. The van der Waals surface area contributed by atoms with E-state index in [1.54, 1.807) is 46.0 Å². The van der Waals surface area contributed by atoms with E-state index in [9.17, 15) is 19.1 Å². The van der Waals surface area contributed by atoms with Crippen LogP contribution in [0, 0.1) is 5.82 Å². The summed E-state index contributed by atoms with van der Waals surface area (Å²) in [6, 6.07) is 6.69. The van der Waals surface area contributed by atoms with Gasteiger partial charge in [-0.05, 0) is 52.0 Å². The van der Waals surface area contributed by atoms with Crippen LogP contribution in [0.2, 0.25) is 0 Å². The first-order valence-corrected chi connectivity index (χ1v) is 8.76. The summed E-state index contributed by atoms with van der Waals surface area (Å²) in [7, 11) is 0. The molecule has 1 N–H and O–H groups in total. The predicted molar refractivity (Wildman–Crippen MR) is 103 cm³/mol. The van der Waals surface area contributed by atoms with Crippen molar-refractivity contribution < 1.29 is 14.3 Å². The SMILES string of the molecule is C[C@@H](c1nc2cccc(F)c2c(=O)n1-c1cccnc1)N(C(=O)O)C(C)(C)C. The monoisotopic (exact) mass is 384 g/mol. The van der Waals surface area contributed by atoms with Gasteiger partial charge in [0.15, 0.2) is 0 Å². The number of nitrogens with zero attached hydrogens (tertiary/aromatic N) is 4. The molecule has 8 heteroatoms. The molecule has 0 unspecified atom stereocenters. The van der Waals surface area contributed by atoms with Gasteiger partial charge in [0, 0.05) is 11.7 Å². The number of pyridine rings is 1. The Balaban J connectivity index is 2.39. The molecule has 0 spiro atoms. The molecular weight excluding hydrogens is 363 g/mol. The zero-order valence-electron chi connectivity index (χ0n) is 16.0. The zero-order valence-corrected chi connectivity index (χ0v) is 16.0. The van der Waals surface area contributed by atoms with Gasteiger partial charge in [-0.25, -0.2) is 14.2 Å². The van der Waals surface area contributed by atoms with Crippen LogP contribution in [0.3, 0.4) is 0 Å². The van der Waals surface area contributed by atoms with Crippen LogP contribution < -0.4 is 5.56 Å². The number of rotatable bonds is 3. The van der Waals surface area contributed by atoms with Crippen LogP contribution in [0.15, 0.2) is 47.5 Å². The highest BCUT2D eigenvalue weighted by Gasteiger charge is 2.34. The van der Waals surface area contributed by atoms with E-state index in [0.29, 0.717) is 5.69 Å². The third-order valence-electron chi connectivity index (χ3n) is 4.47. The summed E-state index contributed by atoms with van der Waals surface area (Å²) in [5.74, 6) is -0.494. The lowest BCUT2D eigenvalue weighted by atomic mass is 10.0. The summed E-state index contributed by atoms with van der Waals surface area (Å²) in [6.45, 7) is 6.92. The van der Waals surface area contributed by atoms with E-state index in [2.05, 4.69) is 9.97 Å². The lowest BCUT2D eigenvalue weighted by Gasteiger charge is -2.38. The maximum Gasteiger partial charge on any atom is 0.408 e. The second kappa shape index (κ2) is 7.03. The van der Waals surface area contributed by atoms with E-state index in [-0.39, 0.29) is 16.7 Å². The van der Waals surface area contributed by atoms with Crippen LogP contribution in [0.5, 0.6) is 0 Å². The molecule has 0 fully saturated rings. The molecule has 28 heavy (non-hydrogen) atoms. The molecule has 3 rings (SSSR count). The van der Waals surface area contributed by atoms with Gasteiger partial charge in [0.2, 0.25) is 0 Å². The molecule has 7 nitrogen and oxygen atoms in total. The molecule has 0 saturated heterocycles. The van der Waals surface area contributed by atoms with Crippen LogP contribution in [0.25, 0.3) is 16.6 Å². The Morgan fingerprint density at radius 2 is 1.96 bits per heavy atom. The first kappa shape index (κ1) is 19.5. The first-order valence-electron chi connectivity index (χ1n) is 8.76. The van der Waals surface area contributed by atoms with Crippen molar-refractivity contribution in [2.45, 2.75) is 39.3 Å². The fourth-order valence-electron chi connectivity index (χ4n) is 3.37. The third-order valence-corrected chi connectivity index (χ3v) is 4.47. The minimum Gasteiger partial charge on any atom is -0.465 e. The molecule has 3 aromatic rings. The number of carbonyl (C=O) groups is 1. The van der Waals surface area contributed by atoms with Crippen molar-refractivity contribution in [2.24, 2.45) is 0 Å². The molecule has 0 aliphatic carbocycles. The highest BCUT2D eigenvalue weighted by atomic mass is 19.1. The van der Waals surface area contributed by atoms with Gasteiger partial charge in [-0.3, -0.25) is 19.2 Å². The maximum absolute atomic E-state index is 14.4. The van der Waals surface area contributed by atoms with E-state index in [1.165, 1.54) is 33.9 Å². The lowest BCUT2D eigenvalue weighted by molar-refractivity contribution is 0.0719. The highest BCUT2D eigenvalue weighted by Crippen LogP contribution is 2.29. The van der Waals surface area contributed by atoms with E-state index in [0.717, 1.165) is 0 Å². The number of hydrogen-bond donors (Lipinski definition) is 1. The van der Waals surface area contributed by atoms with Gasteiger partial charge in [0.25, 0.3) is 5.56 Å². The van der Waals surface area contributed by atoms with Crippen molar-refractivity contribution in [1.29, 1.82) is 0 Å². The molecule has 0 saturated carbocycles. The van der Waals surface area contributed by atoms with Crippen molar-refractivity contribution >= 4 is 17.0 Å². The van der Waals surface area contributed by atoms with Crippen LogP contribution >= 0.6 is 0 Å². The third kappa shape index (κ3) is 3.33. The van der Waals surface area contributed by atoms with Gasteiger partial charge in [-0.15, -0.1) is 0 Å². The Bertz CT molecular complexity index is 1090. The molecular formula is C20H21FN4O3. The number of amides is 1. The summed E-state index contributed by atoms with van der Waals surface area (Å²) in [5, 5.41) is 9.61. The second-order valence-electron chi connectivity index (χ2n) is 7.46. The topological polar surface area (TPSA) is 88.3 Å². The maximum atomic E-state index is 14.4. The number of aromatic nitrogens is 3. The molecule has 1 amide bonds. The molecule has 0 bridgehead atoms. The van der Waals surface area contributed by atoms with Gasteiger partial charge in [-0.2, -0.15) is 0 Å². The molecule has 2 aromatic heterocycles. The predicted octanol–water partition coefficient (Wildman–Crippen LogP) is 3.76. The minimum absolute atomic E-state index is 0.153. The quantitative estimate of drug-likeness (QED) is 0.743. The standard InChI is InChI=1S/C20H21FN4O3/c1-12(25(19(27)28)20(2,3)4)17-23-15-9-5-8-14(21)16(15)18(26)24(17)13-7-6-10-22-11-13/h5-12H,1-4H3,(H,27,28)/t12-/m0/s1. The average Bonchev–Trinajstić information content (AvgIpc) is 2.60. The van der Waals surface area contributed by atoms with Gasteiger partial charge < -0.3 is 5.11 Å². The van der Waals surface area contributed by atoms with Gasteiger partial charge in [-0.1, -0.05) is 6.07 Å². The van der Waals surface area contributed by atoms with Crippen molar-refractivity contribution in [2.75, 3.05) is 0 Å². The number of hydrogen-bond acceptors (Lipinski definition) is 4. The normalized spacial score (nSPS) is 12.8. The molecule has 2 heterocycles. The molecule has 0 aliphatic heterocycles. The highest BCUT2D eigenvalue weighted by molar-refractivity contribution is 5.78. The molecule has 1 aromatic carbocycles. The minimum atomic E-state index is -1.15. The zero-order chi connectivity index (χ0) is 20.6. The van der Waals surface area contributed by atoms with E-state index in [4.69, 9.17) is 0 Å². The number of benzene rings is 1. The molecule has 1 atom stereocenters. The molecule has 146 valence electrons. The van der Waals surface area contributed by atoms with Gasteiger partial charge >= 0.3 is 6.09 Å². The summed E-state index contributed by atoms with van der Waals surface area (Å²) in [6.07, 6.45) is 1.85. The van der Waals surface area contributed by atoms with Crippen molar-refractivity contribution in [3.05, 3.63) is 64.7 Å². The van der Waals surface area contributed by atoms with Crippen LogP contribution in [0.1, 0.15) is 39.6 Å². The Morgan fingerprint density at radius 1 is 1.25 bits per heavy atom. The summed E-state index contributed by atoms with van der Waals surface area (Å²) < 4.78 is 15.6. The largest absolute Gasteiger partial charge is 0.465 e. The fourth-order valence-corrected chi connectivity index (χ4v) is 3.37. The Labute approximate surface area is 161 Å². The van der Waals surface area contributed by atoms with Gasteiger partial charge in [0.05, 0.1) is 23.4 Å². The Hall–Kier alpha value is -3.29. The first-order chi connectivity index (χ1) is 13.1. The molecule has 0 aliphatic rings. The van der Waals surface area contributed by atoms with Crippen LogP contribution in [-0.4, -0.2) is 36.2 Å². The summed E-state index contributed by atoms with van der Waals surface area (Å²) in [4.78, 5) is 34.9. The van der Waals surface area contributed by atoms with Gasteiger partial charge in [0.1, 0.15) is 17.0 Å². The Morgan fingerprint density at radius 3 is 2.54 bits per heavy atom. The number of carboxylic acid groups (broad SMARTS) is 1.